The summed E-state index contributed by atoms with van der Waals surface area (Å²) in [6.07, 6.45) is 5.22. The molecular formula is C15H20Br2N2O. The van der Waals surface area contributed by atoms with E-state index in [-0.39, 0.29) is 5.75 Å². The quantitative estimate of drug-likeness (QED) is 0.764. The summed E-state index contributed by atoms with van der Waals surface area (Å²) in [6.45, 7) is 5.67. The molecule has 0 unspecified atom stereocenters. The van der Waals surface area contributed by atoms with Crippen molar-refractivity contribution in [1.82, 2.24) is 4.90 Å². The van der Waals surface area contributed by atoms with Gasteiger partial charge in [0, 0.05) is 29.3 Å². The maximum atomic E-state index is 10.00. The van der Waals surface area contributed by atoms with E-state index in [2.05, 4.69) is 48.7 Å². The van der Waals surface area contributed by atoms with Crippen molar-refractivity contribution in [3.05, 3.63) is 26.6 Å². The van der Waals surface area contributed by atoms with Gasteiger partial charge in [0.05, 0.1) is 10.5 Å². The minimum absolute atomic E-state index is 0.250. The zero-order valence-electron chi connectivity index (χ0n) is 11.6. The molecule has 20 heavy (non-hydrogen) atoms. The summed E-state index contributed by atoms with van der Waals surface area (Å²) in [5, 5.41) is 10.00. The number of likely N-dealkylation sites (tertiary alicyclic amines) is 1. The molecule has 3 nitrogen and oxygen atoms in total. The molecule has 0 radical (unpaired) electrons. The first-order chi connectivity index (χ1) is 9.60. The Morgan fingerprint density at radius 3 is 2.70 bits per heavy atom. The summed E-state index contributed by atoms with van der Waals surface area (Å²) < 4.78 is 1.62. The first-order valence-corrected chi connectivity index (χ1v) is 8.62. The highest BCUT2D eigenvalue weighted by Gasteiger charge is 2.17. The van der Waals surface area contributed by atoms with Crippen molar-refractivity contribution < 1.29 is 5.11 Å². The number of nitrogens with zero attached hydrogens (tertiary/aromatic N) is 2. The number of rotatable bonds is 4. The summed E-state index contributed by atoms with van der Waals surface area (Å²) >= 11 is 6.77. The Hall–Kier alpha value is -0.390. The van der Waals surface area contributed by atoms with Gasteiger partial charge in [-0.25, -0.2) is 0 Å². The number of hydrogen-bond acceptors (Lipinski definition) is 3. The minimum Gasteiger partial charge on any atom is -0.506 e. The third kappa shape index (κ3) is 4.30. The van der Waals surface area contributed by atoms with Crippen LogP contribution in [0, 0.1) is 0 Å². The van der Waals surface area contributed by atoms with Gasteiger partial charge in [0.2, 0.25) is 0 Å². The average molecular weight is 404 g/mol. The van der Waals surface area contributed by atoms with Gasteiger partial charge < -0.3 is 10.0 Å². The first-order valence-electron chi connectivity index (χ1n) is 7.03. The molecule has 0 aliphatic carbocycles. The maximum Gasteiger partial charge on any atom is 0.138 e. The van der Waals surface area contributed by atoms with Gasteiger partial charge in [0.25, 0.3) is 0 Å². The monoisotopic (exact) mass is 402 g/mol. The Labute approximate surface area is 137 Å². The number of piperidine rings is 1. The molecule has 0 bridgehead atoms. The molecule has 1 aromatic carbocycles. The number of aromatic hydroxyl groups is 1. The molecule has 1 heterocycles. The van der Waals surface area contributed by atoms with Crippen molar-refractivity contribution in [1.29, 1.82) is 0 Å². The lowest BCUT2D eigenvalue weighted by Crippen LogP contribution is -2.35. The summed E-state index contributed by atoms with van der Waals surface area (Å²) in [4.78, 5) is 7.14. The molecule has 1 aliphatic rings. The van der Waals surface area contributed by atoms with Crippen LogP contribution in [0.5, 0.6) is 5.75 Å². The lowest BCUT2D eigenvalue weighted by Gasteiger charge is -2.29. The fourth-order valence-corrected chi connectivity index (χ4v) is 3.74. The molecule has 0 aromatic heterocycles. The van der Waals surface area contributed by atoms with Gasteiger partial charge in [-0.2, -0.15) is 0 Å². The van der Waals surface area contributed by atoms with Crippen molar-refractivity contribution >= 4 is 38.1 Å². The Bertz CT molecular complexity index is 483. The molecule has 1 N–H and O–H groups in total. The smallest absolute Gasteiger partial charge is 0.138 e. The Balaban J connectivity index is 1.97. The molecule has 0 amide bonds. The number of hydrogen-bond donors (Lipinski definition) is 1. The van der Waals surface area contributed by atoms with E-state index in [0.717, 1.165) is 36.0 Å². The van der Waals surface area contributed by atoms with Crippen LogP contribution in [0.1, 0.15) is 31.7 Å². The van der Waals surface area contributed by atoms with E-state index in [1.54, 1.807) is 6.21 Å². The van der Waals surface area contributed by atoms with E-state index in [1.165, 1.54) is 13.0 Å². The highest BCUT2D eigenvalue weighted by molar-refractivity contribution is 9.11. The average Bonchev–Trinajstić information content (AvgIpc) is 2.43. The van der Waals surface area contributed by atoms with Gasteiger partial charge >= 0.3 is 0 Å². The van der Waals surface area contributed by atoms with E-state index >= 15 is 0 Å². The lowest BCUT2D eigenvalue weighted by molar-refractivity contribution is 0.214. The minimum atomic E-state index is 0.250. The molecule has 0 spiro atoms. The summed E-state index contributed by atoms with van der Waals surface area (Å²) in [5.41, 5.74) is 0.752. The number of phenolic OH excluding ortho intramolecular Hbond substituents is 1. The standard InChI is InChI=1S/C15H20Br2N2O/c1-2-5-19-6-3-13(4-7-19)18-10-11-8-12(16)9-14(17)15(11)20/h8-10,13,20H,2-7H2,1H3. The van der Waals surface area contributed by atoms with Crippen molar-refractivity contribution in [2.75, 3.05) is 19.6 Å². The van der Waals surface area contributed by atoms with Crippen LogP contribution in [0.15, 0.2) is 26.1 Å². The molecule has 1 aliphatic heterocycles. The number of halogens is 2. The summed E-state index contributed by atoms with van der Waals surface area (Å²) in [6, 6.07) is 4.09. The molecule has 110 valence electrons. The molecule has 1 fully saturated rings. The second-order valence-electron chi connectivity index (χ2n) is 5.18. The van der Waals surface area contributed by atoms with Gasteiger partial charge in [-0.3, -0.25) is 4.99 Å². The van der Waals surface area contributed by atoms with Gasteiger partial charge in [0.15, 0.2) is 0 Å². The third-order valence-electron chi connectivity index (χ3n) is 3.58. The number of phenols is 1. The second kappa shape index (κ2) is 7.57. The van der Waals surface area contributed by atoms with Crippen LogP contribution >= 0.6 is 31.9 Å². The van der Waals surface area contributed by atoms with Crippen molar-refractivity contribution in [3.8, 4) is 5.75 Å². The topological polar surface area (TPSA) is 35.8 Å². The normalized spacial score (nSPS) is 17.9. The zero-order valence-corrected chi connectivity index (χ0v) is 14.8. The molecular weight excluding hydrogens is 384 g/mol. The van der Waals surface area contributed by atoms with Crippen LogP contribution in [0.4, 0.5) is 0 Å². The fraction of sp³-hybridized carbons (Fsp3) is 0.533. The van der Waals surface area contributed by atoms with E-state index < -0.39 is 0 Å². The van der Waals surface area contributed by atoms with Crippen molar-refractivity contribution in [2.45, 2.75) is 32.2 Å². The van der Waals surface area contributed by atoms with Crippen LogP contribution in [0.25, 0.3) is 0 Å². The van der Waals surface area contributed by atoms with E-state index in [1.807, 2.05) is 12.1 Å². The van der Waals surface area contributed by atoms with E-state index in [4.69, 9.17) is 0 Å². The molecule has 0 atom stereocenters. The summed E-state index contributed by atoms with van der Waals surface area (Å²) in [5.74, 6) is 0.250. The summed E-state index contributed by atoms with van der Waals surface area (Å²) in [7, 11) is 0. The molecule has 0 saturated carbocycles. The van der Waals surface area contributed by atoms with Crippen LogP contribution in [0.3, 0.4) is 0 Å². The molecule has 1 saturated heterocycles. The van der Waals surface area contributed by atoms with E-state index in [9.17, 15) is 5.11 Å². The second-order valence-corrected chi connectivity index (χ2v) is 6.95. The zero-order chi connectivity index (χ0) is 14.5. The maximum absolute atomic E-state index is 10.00. The largest absolute Gasteiger partial charge is 0.506 e. The Kier molecular flexibility index (Phi) is 6.05. The fourth-order valence-electron chi connectivity index (χ4n) is 2.48. The van der Waals surface area contributed by atoms with Crippen LogP contribution < -0.4 is 0 Å². The highest BCUT2D eigenvalue weighted by Crippen LogP contribution is 2.30. The van der Waals surface area contributed by atoms with Crippen LogP contribution in [-0.2, 0) is 0 Å². The molecule has 2 rings (SSSR count). The van der Waals surface area contributed by atoms with E-state index in [0.29, 0.717) is 10.5 Å². The number of benzene rings is 1. The Morgan fingerprint density at radius 1 is 1.35 bits per heavy atom. The third-order valence-corrected chi connectivity index (χ3v) is 4.64. The molecule has 5 heteroatoms. The van der Waals surface area contributed by atoms with Crippen LogP contribution in [-0.4, -0.2) is 41.9 Å². The number of aliphatic imine (C=N–C) groups is 1. The van der Waals surface area contributed by atoms with Gasteiger partial charge in [-0.05, 0) is 53.9 Å². The predicted octanol–water partition coefficient (Wildman–Crippen LogP) is 4.21. The molecule has 1 aromatic rings. The van der Waals surface area contributed by atoms with Crippen molar-refractivity contribution in [3.63, 3.8) is 0 Å². The van der Waals surface area contributed by atoms with Crippen LogP contribution in [0.2, 0.25) is 0 Å². The lowest BCUT2D eigenvalue weighted by atomic mass is 10.1. The van der Waals surface area contributed by atoms with Crippen molar-refractivity contribution in [2.24, 2.45) is 4.99 Å². The first kappa shape index (κ1) is 16.0. The SMILES string of the molecule is CCCN1CCC(N=Cc2cc(Br)cc(Br)c2O)CC1. The Morgan fingerprint density at radius 2 is 2.05 bits per heavy atom. The predicted molar refractivity (Wildman–Crippen MR) is 90.9 cm³/mol. The van der Waals surface area contributed by atoms with Gasteiger partial charge in [-0.1, -0.05) is 22.9 Å². The van der Waals surface area contributed by atoms with Gasteiger partial charge in [0.1, 0.15) is 5.75 Å². The highest BCUT2D eigenvalue weighted by atomic mass is 79.9. The van der Waals surface area contributed by atoms with Gasteiger partial charge in [-0.15, -0.1) is 0 Å².